The van der Waals surface area contributed by atoms with Gasteiger partial charge in [0.2, 0.25) is 5.91 Å². The highest BCUT2D eigenvalue weighted by atomic mass is 16.5. The van der Waals surface area contributed by atoms with Gasteiger partial charge in [0.1, 0.15) is 6.61 Å². The molecule has 0 aliphatic heterocycles. The second-order valence-corrected chi connectivity index (χ2v) is 6.65. The molecule has 8 heteroatoms. The summed E-state index contributed by atoms with van der Waals surface area (Å²) in [4.78, 5) is 34.9. The summed E-state index contributed by atoms with van der Waals surface area (Å²) in [6, 6.07) is 9.16. The normalized spacial score (nSPS) is 11.4. The molecule has 0 saturated carbocycles. The van der Waals surface area contributed by atoms with Crippen molar-refractivity contribution in [2.45, 2.75) is 51.2 Å². The fourth-order valence-corrected chi connectivity index (χ4v) is 2.69. The first-order valence-corrected chi connectivity index (χ1v) is 10.0. The first-order valence-electron chi connectivity index (χ1n) is 10.0. The molecule has 0 aromatic heterocycles. The molecule has 0 radical (unpaired) electrons. The molecule has 2 amide bonds. The lowest BCUT2D eigenvalue weighted by Crippen LogP contribution is -2.43. The van der Waals surface area contributed by atoms with Crippen LogP contribution in [0.2, 0.25) is 0 Å². The Balaban J connectivity index is 2.09. The quantitative estimate of drug-likeness (QED) is 0.322. The van der Waals surface area contributed by atoms with Gasteiger partial charge in [-0.05, 0) is 38.3 Å². The second kappa shape index (κ2) is 15.3. The van der Waals surface area contributed by atoms with Crippen LogP contribution in [-0.2, 0) is 25.7 Å². The largest absolute Gasteiger partial charge is 0.469 e. The number of carbonyl (C=O) groups excluding carboxylic acids is 3. The zero-order valence-corrected chi connectivity index (χ0v) is 17.4. The highest BCUT2D eigenvalue weighted by molar-refractivity contribution is 5.81. The van der Waals surface area contributed by atoms with Gasteiger partial charge in [0.05, 0.1) is 13.2 Å². The number of alkyl carbamates (subject to hydrolysis) is 1. The highest BCUT2D eigenvalue weighted by Gasteiger charge is 2.15. The Labute approximate surface area is 172 Å². The Kier molecular flexibility index (Phi) is 12.9. The standard InChI is InChI=1S/C21H33N3O5/c1-22-18(20(26)23-14-8-4-7-13-19(25)28-2)12-9-15-24-21(27)29-16-17-10-5-3-6-11-17/h3,5-6,10-11,18,22H,4,7-9,12-16H2,1-2H3,(H,23,26)(H,24,27)/t18-/m0/s1. The Hall–Kier alpha value is -2.61. The summed E-state index contributed by atoms with van der Waals surface area (Å²) >= 11 is 0. The first kappa shape index (κ1) is 24.4. The molecule has 29 heavy (non-hydrogen) atoms. The minimum absolute atomic E-state index is 0.0628. The van der Waals surface area contributed by atoms with E-state index in [9.17, 15) is 14.4 Å². The van der Waals surface area contributed by atoms with E-state index in [1.54, 1.807) is 7.05 Å². The van der Waals surface area contributed by atoms with Crippen LogP contribution in [0.15, 0.2) is 30.3 Å². The average molecular weight is 408 g/mol. The Morgan fingerprint density at radius 1 is 0.966 bits per heavy atom. The van der Waals surface area contributed by atoms with Crippen LogP contribution in [-0.4, -0.2) is 51.3 Å². The van der Waals surface area contributed by atoms with Gasteiger partial charge in [-0.3, -0.25) is 9.59 Å². The van der Waals surface area contributed by atoms with E-state index < -0.39 is 6.09 Å². The van der Waals surface area contributed by atoms with Crippen LogP contribution < -0.4 is 16.0 Å². The third-order valence-corrected chi connectivity index (χ3v) is 4.40. The zero-order valence-electron chi connectivity index (χ0n) is 17.4. The van der Waals surface area contributed by atoms with E-state index in [0.717, 1.165) is 24.8 Å². The summed E-state index contributed by atoms with van der Waals surface area (Å²) in [5.41, 5.74) is 0.930. The molecule has 0 spiro atoms. The van der Waals surface area contributed by atoms with E-state index in [1.165, 1.54) is 7.11 Å². The van der Waals surface area contributed by atoms with Gasteiger partial charge in [0, 0.05) is 19.5 Å². The SMILES string of the molecule is CN[C@@H](CCCNC(=O)OCc1ccccc1)C(=O)NCCCCCC(=O)OC. The summed E-state index contributed by atoms with van der Waals surface area (Å²) < 4.78 is 9.73. The van der Waals surface area contributed by atoms with Gasteiger partial charge >= 0.3 is 12.1 Å². The van der Waals surface area contributed by atoms with Gasteiger partial charge in [0.25, 0.3) is 0 Å². The lowest BCUT2D eigenvalue weighted by atomic mass is 10.1. The number of unbranched alkanes of at least 4 members (excludes halogenated alkanes) is 2. The number of ether oxygens (including phenoxy) is 2. The van der Waals surface area contributed by atoms with Crippen molar-refractivity contribution in [3.8, 4) is 0 Å². The maximum absolute atomic E-state index is 12.2. The average Bonchev–Trinajstić information content (AvgIpc) is 2.75. The fourth-order valence-electron chi connectivity index (χ4n) is 2.69. The molecule has 162 valence electrons. The molecule has 0 bridgehead atoms. The van der Waals surface area contributed by atoms with E-state index in [-0.39, 0.29) is 24.5 Å². The van der Waals surface area contributed by atoms with Crippen molar-refractivity contribution in [1.29, 1.82) is 0 Å². The van der Waals surface area contributed by atoms with Crippen LogP contribution in [0.25, 0.3) is 0 Å². The van der Waals surface area contributed by atoms with Crippen LogP contribution in [0, 0.1) is 0 Å². The lowest BCUT2D eigenvalue weighted by molar-refractivity contribution is -0.140. The minimum atomic E-state index is -0.466. The van der Waals surface area contributed by atoms with E-state index >= 15 is 0 Å². The molecule has 1 aromatic rings. The molecule has 1 aromatic carbocycles. The molecular weight excluding hydrogens is 374 g/mol. The van der Waals surface area contributed by atoms with Crippen LogP contribution in [0.1, 0.15) is 44.1 Å². The Morgan fingerprint density at radius 3 is 2.38 bits per heavy atom. The maximum Gasteiger partial charge on any atom is 0.407 e. The molecule has 3 N–H and O–H groups in total. The van der Waals surface area contributed by atoms with Crippen molar-refractivity contribution in [3.05, 3.63) is 35.9 Å². The van der Waals surface area contributed by atoms with Crippen molar-refractivity contribution >= 4 is 18.0 Å². The number of amides is 2. The van der Waals surface area contributed by atoms with E-state index in [0.29, 0.717) is 32.4 Å². The minimum Gasteiger partial charge on any atom is -0.469 e. The van der Waals surface area contributed by atoms with Crippen molar-refractivity contribution in [2.75, 3.05) is 27.2 Å². The van der Waals surface area contributed by atoms with Gasteiger partial charge < -0.3 is 25.4 Å². The molecule has 0 saturated heterocycles. The topological polar surface area (TPSA) is 106 Å². The van der Waals surface area contributed by atoms with Crippen LogP contribution >= 0.6 is 0 Å². The summed E-state index contributed by atoms with van der Waals surface area (Å²) in [6.07, 6.45) is 3.62. The van der Waals surface area contributed by atoms with Gasteiger partial charge in [-0.1, -0.05) is 36.8 Å². The van der Waals surface area contributed by atoms with E-state index in [1.807, 2.05) is 30.3 Å². The molecule has 0 aliphatic rings. The van der Waals surface area contributed by atoms with Gasteiger partial charge in [-0.15, -0.1) is 0 Å². The van der Waals surface area contributed by atoms with Crippen molar-refractivity contribution in [1.82, 2.24) is 16.0 Å². The fraction of sp³-hybridized carbons (Fsp3) is 0.571. The molecule has 0 aliphatic carbocycles. The monoisotopic (exact) mass is 407 g/mol. The maximum atomic E-state index is 12.2. The number of rotatable bonds is 14. The summed E-state index contributed by atoms with van der Waals surface area (Å²) in [5, 5.41) is 8.58. The third kappa shape index (κ3) is 11.7. The molecular formula is C21H33N3O5. The smallest absolute Gasteiger partial charge is 0.407 e. The van der Waals surface area contributed by atoms with Crippen molar-refractivity contribution < 1.29 is 23.9 Å². The van der Waals surface area contributed by atoms with Crippen LogP contribution in [0.4, 0.5) is 4.79 Å². The van der Waals surface area contributed by atoms with E-state index in [4.69, 9.17) is 4.74 Å². The number of methoxy groups -OCH3 is 1. The predicted octanol–water partition coefficient (Wildman–Crippen LogP) is 2.13. The summed E-state index contributed by atoms with van der Waals surface area (Å²) in [6.45, 7) is 1.24. The summed E-state index contributed by atoms with van der Waals surface area (Å²) in [5.74, 6) is -0.269. The number of nitrogens with one attached hydrogen (secondary N) is 3. The molecule has 0 heterocycles. The molecule has 0 unspecified atom stereocenters. The Morgan fingerprint density at radius 2 is 1.69 bits per heavy atom. The summed E-state index contributed by atoms with van der Waals surface area (Å²) in [7, 11) is 3.12. The van der Waals surface area contributed by atoms with Gasteiger partial charge in [-0.2, -0.15) is 0 Å². The third-order valence-electron chi connectivity index (χ3n) is 4.40. The number of likely N-dealkylation sites (N-methyl/N-ethyl adjacent to an activating group) is 1. The van der Waals surface area contributed by atoms with Gasteiger partial charge in [0.15, 0.2) is 0 Å². The number of benzene rings is 1. The van der Waals surface area contributed by atoms with Crippen LogP contribution in [0.5, 0.6) is 0 Å². The van der Waals surface area contributed by atoms with Crippen LogP contribution in [0.3, 0.4) is 0 Å². The Bertz CT molecular complexity index is 610. The highest BCUT2D eigenvalue weighted by Crippen LogP contribution is 2.02. The molecule has 8 nitrogen and oxygen atoms in total. The zero-order chi connectivity index (χ0) is 21.3. The number of hydrogen-bond donors (Lipinski definition) is 3. The molecule has 0 fully saturated rings. The van der Waals surface area contributed by atoms with E-state index in [2.05, 4.69) is 20.7 Å². The number of esters is 1. The van der Waals surface area contributed by atoms with Gasteiger partial charge in [-0.25, -0.2) is 4.79 Å². The predicted molar refractivity (Wildman–Crippen MR) is 110 cm³/mol. The molecule has 1 rings (SSSR count). The second-order valence-electron chi connectivity index (χ2n) is 6.65. The first-order chi connectivity index (χ1) is 14.1. The molecule has 1 atom stereocenters. The lowest BCUT2D eigenvalue weighted by Gasteiger charge is -2.16. The van der Waals surface area contributed by atoms with Crippen molar-refractivity contribution in [3.63, 3.8) is 0 Å². The number of carbonyl (C=O) groups is 3. The number of hydrogen-bond acceptors (Lipinski definition) is 6. The van der Waals surface area contributed by atoms with Crippen molar-refractivity contribution in [2.24, 2.45) is 0 Å².